The van der Waals surface area contributed by atoms with E-state index in [0.717, 1.165) is 21.3 Å². The largest absolute Gasteiger partial charge is 0.360 e. The van der Waals surface area contributed by atoms with Gasteiger partial charge in [-0.05, 0) is 18.1 Å². The lowest BCUT2D eigenvalue weighted by Gasteiger charge is -2.25. The average molecular weight is 364 g/mol. The van der Waals surface area contributed by atoms with Gasteiger partial charge in [-0.25, -0.2) is 0 Å². The van der Waals surface area contributed by atoms with Gasteiger partial charge in [0.2, 0.25) is 5.91 Å². The second-order valence-corrected chi connectivity index (χ2v) is 7.32. The van der Waals surface area contributed by atoms with Crippen LogP contribution in [0.25, 0.3) is 10.9 Å². The van der Waals surface area contributed by atoms with Crippen molar-refractivity contribution in [1.29, 1.82) is 5.26 Å². The van der Waals surface area contributed by atoms with Gasteiger partial charge in [-0.3, -0.25) is 9.59 Å². The monoisotopic (exact) mass is 364 g/mol. The number of carbonyl (C=O) groups excluding carboxylic acids is 2. The molecular formula is C19H16N4O2S. The molecule has 6 nitrogen and oxygen atoms in total. The summed E-state index contributed by atoms with van der Waals surface area (Å²) in [6, 6.07) is 9.80. The van der Waals surface area contributed by atoms with Crippen LogP contribution in [-0.4, -0.2) is 28.2 Å². The van der Waals surface area contributed by atoms with Gasteiger partial charge in [0.15, 0.2) is 0 Å². The number of H-pyrrole nitrogens is 1. The molecule has 0 aliphatic carbocycles. The third-order valence-electron chi connectivity index (χ3n) is 4.67. The molecule has 0 spiro atoms. The maximum absolute atomic E-state index is 12.7. The maximum Gasteiger partial charge on any atom is 0.258 e. The summed E-state index contributed by atoms with van der Waals surface area (Å²) in [6.45, 7) is 2.64. The van der Waals surface area contributed by atoms with Crippen LogP contribution < -0.4 is 5.32 Å². The first kappa shape index (κ1) is 16.4. The molecule has 1 aliphatic rings. The number of para-hydroxylation sites is 1. The first-order chi connectivity index (χ1) is 12.6. The van der Waals surface area contributed by atoms with Gasteiger partial charge in [-0.1, -0.05) is 18.2 Å². The van der Waals surface area contributed by atoms with Crippen LogP contribution in [0.1, 0.15) is 33.3 Å². The van der Waals surface area contributed by atoms with E-state index in [-0.39, 0.29) is 11.8 Å². The van der Waals surface area contributed by atoms with E-state index in [9.17, 15) is 14.9 Å². The summed E-state index contributed by atoms with van der Waals surface area (Å²) in [5, 5.41) is 13.9. The Morgan fingerprint density at radius 2 is 2.15 bits per heavy atom. The molecule has 0 unspecified atom stereocenters. The molecule has 2 aromatic heterocycles. The highest BCUT2D eigenvalue weighted by atomic mass is 32.1. The highest BCUT2D eigenvalue weighted by molar-refractivity contribution is 7.16. The highest BCUT2D eigenvalue weighted by Crippen LogP contribution is 2.37. The number of fused-ring (bicyclic) bond motifs is 2. The fourth-order valence-corrected chi connectivity index (χ4v) is 4.52. The summed E-state index contributed by atoms with van der Waals surface area (Å²) in [6.07, 6.45) is 2.31. The molecule has 0 radical (unpaired) electrons. The van der Waals surface area contributed by atoms with E-state index in [1.807, 2.05) is 24.3 Å². The number of nitrogens with zero attached hydrogens (tertiary/aromatic N) is 2. The summed E-state index contributed by atoms with van der Waals surface area (Å²) in [5.74, 6) is -0.229. The summed E-state index contributed by atoms with van der Waals surface area (Å²) in [7, 11) is 0. The molecule has 0 fully saturated rings. The summed E-state index contributed by atoms with van der Waals surface area (Å²) < 4.78 is 0. The molecule has 7 heteroatoms. The molecule has 130 valence electrons. The SMILES string of the molecule is CC(=O)N1CCc2c(sc(NC(=O)c3c[nH]c4ccccc34)c2C#N)C1. The van der Waals surface area contributed by atoms with Crippen LogP contribution in [0.15, 0.2) is 30.5 Å². The zero-order valence-electron chi connectivity index (χ0n) is 14.1. The predicted octanol–water partition coefficient (Wildman–Crippen LogP) is 3.26. The Morgan fingerprint density at radius 3 is 2.92 bits per heavy atom. The van der Waals surface area contributed by atoms with Crippen LogP contribution in [0.5, 0.6) is 0 Å². The third-order valence-corrected chi connectivity index (χ3v) is 5.81. The number of nitriles is 1. The van der Waals surface area contributed by atoms with E-state index in [4.69, 9.17) is 0 Å². The maximum atomic E-state index is 12.7. The molecule has 0 saturated heterocycles. The van der Waals surface area contributed by atoms with E-state index >= 15 is 0 Å². The van der Waals surface area contributed by atoms with Crippen LogP contribution in [0.4, 0.5) is 5.00 Å². The van der Waals surface area contributed by atoms with Crippen LogP contribution in [0.2, 0.25) is 0 Å². The molecule has 0 saturated carbocycles. The Balaban J connectivity index is 1.66. The van der Waals surface area contributed by atoms with Gasteiger partial charge in [0.05, 0.1) is 17.7 Å². The van der Waals surface area contributed by atoms with Crippen molar-refractivity contribution in [3.63, 3.8) is 0 Å². The normalized spacial score (nSPS) is 13.3. The summed E-state index contributed by atoms with van der Waals surface area (Å²) >= 11 is 1.38. The lowest BCUT2D eigenvalue weighted by Crippen LogP contribution is -2.33. The number of rotatable bonds is 2. The number of hydrogen-bond acceptors (Lipinski definition) is 4. The molecule has 3 heterocycles. The van der Waals surface area contributed by atoms with E-state index in [0.29, 0.717) is 35.6 Å². The Kier molecular flexibility index (Phi) is 3.98. The van der Waals surface area contributed by atoms with Gasteiger partial charge >= 0.3 is 0 Å². The molecule has 2 amide bonds. The zero-order chi connectivity index (χ0) is 18.3. The number of aromatic nitrogens is 1. The minimum Gasteiger partial charge on any atom is -0.360 e. The fourth-order valence-electron chi connectivity index (χ4n) is 3.31. The predicted molar refractivity (Wildman–Crippen MR) is 100 cm³/mol. The topological polar surface area (TPSA) is 89.0 Å². The minimum absolute atomic E-state index is 0.0203. The Morgan fingerprint density at radius 1 is 1.35 bits per heavy atom. The van der Waals surface area contributed by atoms with Crippen molar-refractivity contribution in [2.45, 2.75) is 19.9 Å². The molecule has 0 atom stereocenters. The number of thiophene rings is 1. The van der Waals surface area contributed by atoms with Crippen molar-refractivity contribution >= 4 is 39.1 Å². The quantitative estimate of drug-likeness (QED) is 0.731. The summed E-state index contributed by atoms with van der Waals surface area (Å²) in [5.41, 5.74) is 2.90. The molecule has 0 bridgehead atoms. The number of aromatic amines is 1. The van der Waals surface area contributed by atoms with Gasteiger partial charge in [0, 0.05) is 35.4 Å². The number of benzene rings is 1. The molecule has 3 aromatic rings. The van der Waals surface area contributed by atoms with Crippen molar-refractivity contribution in [2.24, 2.45) is 0 Å². The van der Waals surface area contributed by atoms with Crippen molar-refractivity contribution in [1.82, 2.24) is 9.88 Å². The average Bonchev–Trinajstić information content (AvgIpc) is 3.21. The minimum atomic E-state index is -0.249. The second-order valence-electron chi connectivity index (χ2n) is 6.21. The molecular weight excluding hydrogens is 348 g/mol. The molecule has 4 rings (SSSR count). The zero-order valence-corrected chi connectivity index (χ0v) is 14.9. The summed E-state index contributed by atoms with van der Waals surface area (Å²) in [4.78, 5) is 30.2. The number of hydrogen-bond donors (Lipinski definition) is 2. The standard InChI is InChI=1S/C19H16N4O2S/c1-11(24)23-7-6-13-14(8-20)19(26-17(13)10-23)22-18(25)15-9-21-16-5-3-2-4-12(15)16/h2-5,9,21H,6-7,10H2,1H3,(H,22,25). The van der Waals surface area contributed by atoms with Crippen molar-refractivity contribution in [2.75, 3.05) is 11.9 Å². The van der Waals surface area contributed by atoms with Crippen molar-refractivity contribution in [3.05, 3.63) is 52.0 Å². The van der Waals surface area contributed by atoms with E-state index in [1.165, 1.54) is 11.3 Å². The lowest BCUT2D eigenvalue weighted by atomic mass is 10.0. The van der Waals surface area contributed by atoms with Crippen LogP contribution >= 0.6 is 11.3 Å². The number of amides is 2. The first-order valence-corrected chi connectivity index (χ1v) is 9.07. The van der Waals surface area contributed by atoms with Gasteiger partial charge in [-0.2, -0.15) is 5.26 Å². The number of nitrogens with one attached hydrogen (secondary N) is 2. The van der Waals surface area contributed by atoms with Gasteiger partial charge in [0.25, 0.3) is 5.91 Å². The molecule has 1 aromatic carbocycles. The van der Waals surface area contributed by atoms with Gasteiger partial charge in [0.1, 0.15) is 11.1 Å². The second kappa shape index (κ2) is 6.32. The van der Waals surface area contributed by atoms with Crippen LogP contribution in [0.3, 0.4) is 0 Å². The van der Waals surface area contributed by atoms with E-state index in [1.54, 1.807) is 18.0 Å². The van der Waals surface area contributed by atoms with Crippen LogP contribution in [0, 0.1) is 11.3 Å². The van der Waals surface area contributed by atoms with Crippen molar-refractivity contribution in [3.8, 4) is 6.07 Å². The highest BCUT2D eigenvalue weighted by Gasteiger charge is 2.26. The smallest absolute Gasteiger partial charge is 0.258 e. The van der Waals surface area contributed by atoms with E-state index in [2.05, 4.69) is 16.4 Å². The Hall–Kier alpha value is -3.11. The number of carbonyl (C=O) groups is 2. The lowest BCUT2D eigenvalue weighted by molar-refractivity contribution is -0.129. The van der Waals surface area contributed by atoms with Crippen molar-refractivity contribution < 1.29 is 9.59 Å². The Labute approximate surface area is 154 Å². The number of anilines is 1. The first-order valence-electron chi connectivity index (χ1n) is 8.26. The van der Waals surface area contributed by atoms with Gasteiger partial charge < -0.3 is 15.2 Å². The molecule has 2 N–H and O–H groups in total. The van der Waals surface area contributed by atoms with E-state index < -0.39 is 0 Å². The fraction of sp³-hybridized carbons (Fsp3) is 0.211. The third kappa shape index (κ3) is 2.65. The Bertz CT molecular complexity index is 1070. The molecule has 26 heavy (non-hydrogen) atoms. The van der Waals surface area contributed by atoms with Gasteiger partial charge in [-0.15, -0.1) is 11.3 Å². The molecule has 1 aliphatic heterocycles. The van der Waals surface area contributed by atoms with Crippen LogP contribution in [-0.2, 0) is 17.8 Å².